The van der Waals surface area contributed by atoms with Gasteiger partial charge in [0, 0.05) is 13.5 Å². The summed E-state index contributed by atoms with van der Waals surface area (Å²) < 4.78 is 20.7. The SMILES string of the molecule is CCCCCCCCCCC/C(OC)=C(\OC)OCOC. The molecule has 0 unspecified atom stereocenters. The number of methoxy groups -OCH3 is 3. The van der Waals surface area contributed by atoms with Crippen molar-refractivity contribution in [2.45, 2.75) is 71.1 Å². The van der Waals surface area contributed by atoms with Crippen molar-refractivity contribution in [1.29, 1.82) is 0 Å². The van der Waals surface area contributed by atoms with Crippen LogP contribution in [0.25, 0.3) is 0 Å². The van der Waals surface area contributed by atoms with E-state index in [0.29, 0.717) is 5.95 Å². The molecule has 126 valence electrons. The van der Waals surface area contributed by atoms with E-state index in [4.69, 9.17) is 18.9 Å². The van der Waals surface area contributed by atoms with Crippen molar-refractivity contribution in [3.05, 3.63) is 11.7 Å². The van der Waals surface area contributed by atoms with Gasteiger partial charge in [0.1, 0.15) is 0 Å². The first kappa shape index (κ1) is 20.1. The van der Waals surface area contributed by atoms with Gasteiger partial charge in [0.15, 0.2) is 12.6 Å². The Bertz CT molecular complexity index is 251. The van der Waals surface area contributed by atoms with E-state index in [9.17, 15) is 0 Å². The van der Waals surface area contributed by atoms with Gasteiger partial charge >= 0.3 is 5.95 Å². The van der Waals surface area contributed by atoms with E-state index < -0.39 is 0 Å². The van der Waals surface area contributed by atoms with E-state index in [1.165, 1.54) is 51.4 Å². The normalized spacial score (nSPS) is 12.0. The molecule has 0 spiro atoms. The highest BCUT2D eigenvalue weighted by atomic mass is 16.7. The summed E-state index contributed by atoms with van der Waals surface area (Å²) in [5, 5.41) is 0. The van der Waals surface area contributed by atoms with E-state index in [0.717, 1.165) is 18.6 Å². The Morgan fingerprint density at radius 1 is 0.714 bits per heavy atom. The summed E-state index contributed by atoms with van der Waals surface area (Å²) in [5.41, 5.74) is 0. The third kappa shape index (κ3) is 11.4. The molecule has 0 aromatic heterocycles. The summed E-state index contributed by atoms with van der Waals surface area (Å²) >= 11 is 0. The van der Waals surface area contributed by atoms with Crippen molar-refractivity contribution >= 4 is 0 Å². The molecule has 0 N–H and O–H groups in total. The van der Waals surface area contributed by atoms with Gasteiger partial charge in [-0.25, -0.2) is 0 Å². The smallest absolute Gasteiger partial charge is 0.320 e. The predicted molar refractivity (Wildman–Crippen MR) is 85.8 cm³/mol. The first-order valence-electron chi connectivity index (χ1n) is 8.23. The summed E-state index contributed by atoms with van der Waals surface area (Å²) in [6.07, 6.45) is 12.6. The highest BCUT2D eigenvalue weighted by molar-refractivity contribution is 4.94. The Kier molecular flexibility index (Phi) is 14.8. The summed E-state index contributed by atoms with van der Waals surface area (Å²) in [6.45, 7) is 2.43. The third-order valence-electron chi connectivity index (χ3n) is 3.47. The van der Waals surface area contributed by atoms with Gasteiger partial charge in [0.25, 0.3) is 0 Å². The molecule has 0 aromatic carbocycles. The average molecular weight is 302 g/mol. The number of hydrogen-bond donors (Lipinski definition) is 0. The van der Waals surface area contributed by atoms with Crippen LogP contribution in [-0.4, -0.2) is 28.1 Å². The fraction of sp³-hybridized carbons (Fsp3) is 0.882. The lowest BCUT2D eigenvalue weighted by Gasteiger charge is -2.13. The summed E-state index contributed by atoms with van der Waals surface area (Å²) in [4.78, 5) is 0. The van der Waals surface area contributed by atoms with Gasteiger partial charge in [-0.3, -0.25) is 0 Å². The van der Waals surface area contributed by atoms with Crippen LogP contribution in [0.15, 0.2) is 11.7 Å². The van der Waals surface area contributed by atoms with Crippen molar-refractivity contribution in [3.8, 4) is 0 Å². The molecule has 0 aliphatic carbocycles. The molecule has 0 bridgehead atoms. The quantitative estimate of drug-likeness (QED) is 0.242. The molecule has 4 nitrogen and oxygen atoms in total. The van der Waals surface area contributed by atoms with E-state index in [1.807, 2.05) is 0 Å². The standard InChI is InChI=1S/C17H34O4/c1-5-6-7-8-9-10-11-12-13-14-16(19-3)17(20-4)21-15-18-2/h5-15H2,1-4H3/b17-16-. The molecule has 4 heteroatoms. The molecule has 0 amide bonds. The minimum absolute atomic E-state index is 0.174. The largest absolute Gasteiger partial charge is 0.494 e. The van der Waals surface area contributed by atoms with Crippen LogP contribution in [0.4, 0.5) is 0 Å². The molecule has 0 aliphatic heterocycles. The van der Waals surface area contributed by atoms with Crippen molar-refractivity contribution in [2.24, 2.45) is 0 Å². The van der Waals surface area contributed by atoms with Crippen LogP contribution in [0.1, 0.15) is 71.1 Å². The lowest BCUT2D eigenvalue weighted by Crippen LogP contribution is -2.04. The zero-order valence-electron chi connectivity index (χ0n) is 14.4. The Morgan fingerprint density at radius 2 is 1.29 bits per heavy atom. The number of allylic oxidation sites excluding steroid dienone is 1. The average Bonchev–Trinajstić information content (AvgIpc) is 2.51. The van der Waals surface area contributed by atoms with Crippen LogP contribution >= 0.6 is 0 Å². The second kappa shape index (κ2) is 15.5. The third-order valence-corrected chi connectivity index (χ3v) is 3.47. The van der Waals surface area contributed by atoms with Gasteiger partial charge in [-0.15, -0.1) is 0 Å². The Balaban J connectivity index is 3.73. The number of hydrogen-bond acceptors (Lipinski definition) is 4. The summed E-state index contributed by atoms with van der Waals surface area (Å²) in [5.74, 6) is 1.19. The lowest BCUT2D eigenvalue weighted by molar-refractivity contribution is -0.0570. The topological polar surface area (TPSA) is 36.9 Å². The van der Waals surface area contributed by atoms with Crippen LogP contribution < -0.4 is 0 Å². The minimum atomic E-state index is 0.174. The number of rotatable bonds is 15. The van der Waals surface area contributed by atoms with Gasteiger partial charge in [-0.1, -0.05) is 58.3 Å². The van der Waals surface area contributed by atoms with Crippen molar-refractivity contribution in [1.82, 2.24) is 0 Å². The van der Waals surface area contributed by atoms with E-state index in [1.54, 1.807) is 21.3 Å². The predicted octanol–water partition coefficient (Wildman–Crippen LogP) is 4.99. The first-order valence-corrected chi connectivity index (χ1v) is 8.23. The zero-order valence-corrected chi connectivity index (χ0v) is 14.4. The molecule has 0 aliphatic rings. The highest BCUT2D eigenvalue weighted by Crippen LogP contribution is 2.17. The van der Waals surface area contributed by atoms with Gasteiger partial charge < -0.3 is 18.9 Å². The molecule has 0 rings (SSSR count). The fourth-order valence-corrected chi connectivity index (χ4v) is 2.25. The van der Waals surface area contributed by atoms with E-state index in [2.05, 4.69) is 6.92 Å². The van der Waals surface area contributed by atoms with Gasteiger partial charge in [0.05, 0.1) is 14.2 Å². The monoisotopic (exact) mass is 302 g/mol. The Labute approximate surface area is 130 Å². The molecule has 0 heterocycles. The molecule has 0 saturated heterocycles. The molecule has 0 radical (unpaired) electrons. The van der Waals surface area contributed by atoms with Crippen molar-refractivity contribution in [2.75, 3.05) is 28.1 Å². The maximum atomic E-state index is 5.35. The van der Waals surface area contributed by atoms with Gasteiger partial charge in [-0.05, 0) is 6.42 Å². The Hall–Kier alpha value is -0.900. The second-order valence-electron chi connectivity index (χ2n) is 5.25. The maximum Gasteiger partial charge on any atom is 0.320 e. The summed E-state index contributed by atoms with van der Waals surface area (Å²) in [6, 6.07) is 0. The van der Waals surface area contributed by atoms with Crippen molar-refractivity contribution < 1.29 is 18.9 Å². The molecule has 0 fully saturated rings. The van der Waals surface area contributed by atoms with Crippen molar-refractivity contribution in [3.63, 3.8) is 0 Å². The van der Waals surface area contributed by atoms with Crippen LogP contribution in [-0.2, 0) is 18.9 Å². The Morgan fingerprint density at radius 3 is 1.76 bits per heavy atom. The van der Waals surface area contributed by atoms with E-state index in [-0.39, 0.29) is 6.79 Å². The summed E-state index contributed by atoms with van der Waals surface area (Å²) in [7, 11) is 4.82. The molecule has 21 heavy (non-hydrogen) atoms. The number of unbranched alkanes of at least 4 members (excludes halogenated alkanes) is 8. The van der Waals surface area contributed by atoms with Gasteiger partial charge in [-0.2, -0.15) is 0 Å². The molecular formula is C17H34O4. The van der Waals surface area contributed by atoms with Crippen LogP contribution in [0.2, 0.25) is 0 Å². The molecular weight excluding hydrogens is 268 g/mol. The van der Waals surface area contributed by atoms with Crippen LogP contribution in [0.5, 0.6) is 0 Å². The lowest BCUT2D eigenvalue weighted by atomic mass is 10.1. The van der Waals surface area contributed by atoms with Crippen LogP contribution in [0.3, 0.4) is 0 Å². The first-order chi connectivity index (χ1) is 10.3. The molecule has 0 aromatic rings. The van der Waals surface area contributed by atoms with Gasteiger partial charge in [0.2, 0.25) is 0 Å². The van der Waals surface area contributed by atoms with E-state index >= 15 is 0 Å². The second-order valence-corrected chi connectivity index (χ2v) is 5.25. The van der Waals surface area contributed by atoms with Crippen LogP contribution in [0, 0.1) is 0 Å². The number of ether oxygens (including phenoxy) is 4. The fourth-order valence-electron chi connectivity index (χ4n) is 2.25. The minimum Gasteiger partial charge on any atom is -0.494 e. The zero-order chi connectivity index (χ0) is 15.8. The maximum absolute atomic E-state index is 5.35. The highest BCUT2D eigenvalue weighted by Gasteiger charge is 2.09. The molecule has 0 saturated carbocycles. The molecule has 0 atom stereocenters.